The molecule has 1 heteroatoms. The summed E-state index contributed by atoms with van der Waals surface area (Å²) in [5, 5.41) is 3.75. The Kier molecular flexibility index (Phi) is 5.65. The lowest BCUT2D eigenvalue weighted by Gasteiger charge is -2.25. The average Bonchev–Trinajstić information content (AvgIpc) is 2.91. The highest BCUT2D eigenvalue weighted by Crippen LogP contribution is 2.35. The van der Waals surface area contributed by atoms with E-state index in [1.54, 1.807) is 0 Å². The van der Waals surface area contributed by atoms with E-state index >= 15 is 0 Å². The third-order valence-electron chi connectivity index (χ3n) is 5.22. The Balaban J connectivity index is 2.03. The maximum Gasteiger partial charge on any atom is 0.0136 e. The van der Waals surface area contributed by atoms with Crippen LogP contribution in [-0.4, -0.2) is 12.6 Å². The fourth-order valence-electron chi connectivity index (χ4n) is 3.70. The van der Waals surface area contributed by atoms with Gasteiger partial charge in [-0.05, 0) is 68.2 Å². The fourth-order valence-corrected chi connectivity index (χ4v) is 3.70. The minimum atomic E-state index is 0.665. The number of likely N-dealkylation sites (N-methyl/N-ethyl adjacent to an activating group) is 1. The molecule has 1 fully saturated rings. The van der Waals surface area contributed by atoms with Crippen LogP contribution < -0.4 is 5.32 Å². The largest absolute Gasteiger partial charge is 0.314 e. The van der Waals surface area contributed by atoms with Crippen molar-refractivity contribution in [3.63, 3.8) is 0 Å². The van der Waals surface area contributed by atoms with Crippen molar-refractivity contribution < 1.29 is 0 Å². The number of aryl methyl sites for hydroxylation is 2. The Hall–Kier alpha value is -0.820. The SMILES string of the molecule is CCNC(Cc1ccc(C)c(C)c1)C1CCC(CC)C1. The van der Waals surface area contributed by atoms with Crippen LogP contribution in [0.2, 0.25) is 0 Å². The van der Waals surface area contributed by atoms with Crippen molar-refractivity contribution in [2.75, 3.05) is 6.54 Å². The standard InChI is InChI=1S/C19H31N/c1-5-16-9-10-18(12-16)19(20-6-2)13-17-8-7-14(3)15(4)11-17/h7-8,11,16,18-20H,5-6,9-10,12-13H2,1-4H3. The normalized spacial score (nSPS) is 24.0. The van der Waals surface area contributed by atoms with Crippen LogP contribution in [0, 0.1) is 25.7 Å². The molecule has 1 N–H and O–H groups in total. The van der Waals surface area contributed by atoms with Crippen molar-refractivity contribution >= 4 is 0 Å². The Morgan fingerprint density at radius 2 is 1.95 bits per heavy atom. The van der Waals surface area contributed by atoms with E-state index in [-0.39, 0.29) is 0 Å². The average molecular weight is 273 g/mol. The smallest absolute Gasteiger partial charge is 0.0136 e. The quantitative estimate of drug-likeness (QED) is 0.795. The van der Waals surface area contributed by atoms with Crippen LogP contribution in [0.15, 0.2) is 18.2 Å². The molecule has 3 atom stereocenters. The van der Waals surface area contributed by atoms with Gasteiger partial charge in [-0.1, -0.05) is 44.9 Å². The fraction of sp³-hybridized carbons (Fsp3) is 0.684. The van der Waals surface area contributed by atoms with Gasteiger partial charge in [-0.25, -0.2) is 0 Å². The van der Waals surface area contributed by atoms with Gasteiger partial charge in [0.1, 0.15) is 0 Å². The molecule has 1 saturated carbocycles. The predicted octanol–water partition coefficient (Wildman–Crippen LogP) is 4.65. The molecule has 1 aliphatic carbocycles. The summed E-state index contributed by atoms with van der Waals surface area (Å²) in [6.07, 6.45) is 6.84. The third kappa shape index (κ3) is 3.85. The first-order valence-electron chi connectivity index (χ1n) is 8.43. The summed E-state index contributed by atoms with van der Waals surface area (Å²) in [4.78, 5) is 0. The Morgan fingerprint density at radius 1 is 1.15 bits per heavy atom. The topological polar surface area (TPSA) is 12.0 Å². The van der Waals surface area contributed by atoms with Gasteiger partial charge < -0.3 is 5.32 Å². The van der Waals surface area contributed by atoms with E-state index in [1.165, 1.54) is 48.8 Å². The van der Waals surface area contributed by atoms with Crippen LogP contribution in [-0.2, 0) is 6.42 Å². The lowest BCUT2D eigenvalue weighted by Crippen LogP contribution is -2.37. The molecule has 0 spiro atoms. The summed E-state index contributed by atoms with van der Waals surface area (Å²) < 4.78 is 0. The van der Waals surface area contributed by atoms with Gasteiger partial charge in [-0.15, -0.1) is 0 Å². The van der Waals surface area contributed by atoms with E-state index in [1.807, 2.05) is 0 Å². The zero-order valence-corrected chi connectivity index (χ0v) is 13.7. The first-order valence-corrected chi connectivity index (χ1v) is 8.43. The summed E-state index contributed by atoms with van der Waals surface area (Å²) in [5.41, 5.74) is 4.33. The van der Waals surface area contributed by atoms with Crippen molar-refractivity contribution in [3.05, 3.63) is 34.9 Å². The molecule has 0 bridgehead atoms. The molecule has 0 saturated heterocycles. The van der Waals surface area contributed by atoms with E-state index in [2.05, 4.69) is 51.2 Å². The molecule has 0 aliphatic heterocycles. The van der Waals surface area contributed by atoms with E-state index in [9.17, 15) is 0 Å². The van der Waals surface area contributed by atoms with Crippen molar-refractivity contribution in [1.29, 1.82) is 0 Å². The minimum Gasteiger partial charge on any atom is -0.314 e. The minimum absolute atomic E-state index is 0.665. The van der Waals surface area contributed by atoms with Crippen LogP contribution in [0.5, 0.6) is 0 Å². The van der Waals surface area contributed by atoms with Crippen molar-refractivity contribution in [3.8, 4) is 0 Å². The first-order chi connectivity index (χ1) is 9.63. The molecule has 1 aliphatic rings. The molecular formula is C19H31N. The molecule has 1 aromatic carbocycles. The first kappa shape index (κ1) is 15.6. The Labute approximate surface area is 125 Å². The number of rotatable bonds is 6. The monoisotopic (exact) mass is 273 g/mol. The van der Waals surface area contributed by atoms with Gasteiger partial charge in [0, 0.05) is 6.04 Å². The molecule has 0 radical (unpaired) electrons. The van der Waals surface area contributed by atoms with Gasteiger partial charge in [0.05, 0.1) is 0 Å². The Morgan fingerprint density at radius 3 is 2.55 bits per heavy atom. The second-order valence-electron chi connectivity index (χ2n) is 6.63. The highest BCUT2D eigenvalue weighted by Gasteiger charge is 2.29. The summed E-state index contributed by atoms with van der Waals surface area (Å²) in [6, 6.07) is 7.64. The van der Waals surface area contributed by atoms with Crippen molar-refractivity contribution in [2.24, 2.45) is 11.8 Å². The lowest BCUT2D eigenvalue weighted by atomic mass is 9.90. The summed E-state index contributed by atoms with van der Waals surface area (Å²) in [7, 11) is 0. The number of hydrogen-bond donors (Lipinski definition) is 1. The van der Waals surface area contributed by atoms with Crippen molar-refractivity contribution in [2.45, 2.75) is 65.8 Å². The second-order valence-corrected chi connectivity index (χ2v) is 6.63. The molecule has 0 amide bonds. The van der Waals surface area contributed by atoms with E-state index < -0.39 is 0 Å². The zero-order chi connectivity index (χ0) is 14.5. The third-order valence-corrected chi connectivity index (χ3v) is 5.22. The summed E-state index contributed by atoms with van der Waals surface area (Å²) in [5.74, 6) is 1.85. The molecule has 0 heterocycles. The number of hydrogen-bond acceptors (Lipinski definition) is 1. The van der Waals surface area contributed by atoms with Gasteiger partial charge in [-0.3, -0.25) is 0 Å². The molecule has 112 valence electrons. The van der Waals surface area contributed by atoms with E-state index in [4.69, 9.17) is 0 Å². The second kappa shape index (κ2) is 7.26. The molecule has 20 heavy (non-hydrogen) atoms. The van der Waals surface area contributed by atoms with Gasteiger partial charge in [-0.2, -0.15) is 0 Å². The van der Waals surface area contributed by atoms with Gasteiger partial charge >= 0.3 is 0 Å². The molecule has 2 rings (SSSR count). The van der Waals surface area contributed by atoms with Crippen LogP contribution in [0.3, 0.4) is 0 Å². The molecule has 0 aromatic heterocycles. The molecule has 1 aromatic rings. The van der Waals surface area contributed by atoms with Gasteiger partial charge in [0.25, 0.3) is 0 Å². The van der Waals surface area contributed by atoms with Gasteiger partial charge in [0.15, 0.2) is 0 Å². The van der Waals surface area contributed by atoms with Gasteiger partial charge in [0.2, 0.25) is 0 Å². The van der Waals surface area contributed by atoms with Crippen LogP contribution in [0.4, 0.5) is 0 Å². The van der Waals surface area contributed by atoms with E-state index in [0.29, 0.717) is 6.04 Å². The van der Waals surface area contributed by atoms with Crippen LogP contribution >= 0.6 is 0 Å². The summed E-state index contributed by atoms with van der Waals surface area (Å²) >= 11 is 0. The number of nitrogens with one attached hydrogen (secondary N) is 1. The van der Waals surface area contributed by atoms with Crippen LogP contribution in [0.25, 0.3) is 0 Å². The Bertz CT molecular complexity index is 424. The highest BCUT2D eigenvalue weighted by atomic mass is 14.9. The molecular weight excluding hydrogens is 242 g/mol. The maximum absolute atomic E-state index is 3.75. The predicted molar refractivity (Wildman–Crippen MR) is 88.2 cm³/mol. The zero-order valence-electron chi connectivity index (χ0n) is 13.7. The molecule has 3 unspecified atom stereocenters. The van der Waals surface area contributed by atoms with Crippen LogP contribution in [0.1, 0.15) is 56.2 Å². The maximum atomic E-state index is 3.75. The van der Waals surface area contributed by atoms with E-state index in [0.717, 1.165) is 18.4 Å². The summed E-state index contributed by atoms with van der Waals surface area (Å²) in [6.45, 7) is 10.1. The number of benzene rings is 1. The van der Waals surface area contributed by atoms with Crippen molar-refractivity contribution in [1.82, 2.24) is 5.32 Å². The highest BCUT2D eigenvalue weighted by molar-refractivity contribution is 5.30. The molecule has 1 nitrogen and oxygen atoms in total. The lowest BCUT2D eigenvalue weighted by molar-refractivity contribution is 0.349.